The summed E-state index contributed by atoms with van der Waals surface area (Å²) in [6, 6.07) is 5.07. The average molecular weight is 265 g/mol. The summed E-state index contributed by atoms with van der Waals surface area (Å²) >= 11 is 3.30. The van der Waals surface area contributed by atoms with Gasteiger partial charge in [0.25, 0.3) is 10.2 Å². The molecule has 0 spiro atoms. The van der Waals surface area contributed by atoms with Crippen molar-refractivity contribution in [2.75, 3.05) is 4.72 Å². The summed E-state index contributed by atoms with van der Waals surface area (Å²) in [4.78, 5) is 0. The van der Waals surface area contributed by atoms with Crippen molar-refractivity contribution in [2.45, 2.75) is 6.92 Å². The zero-order chi connectivity index (χ0) is 10.1. The minimum Gasteiger partial charge on any atom is -0.271 e. The summed E-state index contributed by atoms with van der Waals surface area (Å²) in [5, 5.41) is 4.81. The molecular weight excluding hydrogens is 256 g/mol. The predicted molar refractivity (Wildman–Crippen MR) is 55.6 cm³/mol. The lowest BCUT2D eigenvalue weighted by Gasteiger charge is -2.04. The summed E-state index contributed by atoms with van der Waals surface area (Å²) in [5.74, 6) is 0. The molecule has 0 amide bonds. The minimum atomic E-state index is -3.67. The summed E-state index contributed by atoms with van der Waals surface area (Å²) in [7, 11) is -3.67. The first-order valence-corrected chi connectivity index (χ1v) is 5.79. The number of benzene rings is 1. The van der Waals surface area contributed by atoms with Crippen LogP contribution in [0.2, 0.25) is 0 Å². The second kappa shape index (κ2) is 3.65. The number of hydrogen-bond acceptors (Lipinski definition) is 2. The molecule has 0 aromatic heterocycles. The van der Waals surface area contributed by atoms with Crippen molar-refractivity contribution in [3.05, 3.63) is 28.2 Å². The van der Waals surface area contributed by atoms with E-state index in [1.165, 1.54) is 0 Å². The zero-order valence-corrected chi connectivity index (χ0v) is 9.31. The van der Waals surface area contributed by atoms with Crippen molar-refractivity contribution in [3.8, 4) is 0 Å². The van der Waals surface area contributed by atoms with E-state index in [0.717, 1.165) is 10.0 Å². The highest BCUT2D eigenvalue weighted by Crippen LogP contribution is 2.20. The molecule has 0 heterocycles. The van der Waals surface area contributed by atoms with Gasteiger partial charge in [-0.15, -0.1) is 0 Å². The molecule has 1 aromatic carbocycles. The Morgan fingerprint density at radius 3 is 2.54 bits per heavy atom. The highest BCUT2D eigenvalue weighted by molar-refractivity contribution is 9.10. The largest absolute Gasteiger partial charge is 0.296 e. The summed E-state index contributed by atoms with van der Waals surface area (Å²) in [6.45, 7) is 1.86. The van der Waals surface area contributed by atoms with E-state index in [4.69, 9.17) is 5.14 Å². The Balaban J connectivity index is 2.99. The van der Waals surface area contributed by atoms with Gasteiger partial charge in [0.1, 0.15) is 0 Å². The molecule has 0 atom stereocenters. The Labute approximate surface area is 85.4 Å². The fraction of sp³-hybridized carbons (Fsp3) is 0.143. The Morgan fingerprint density at radius 1 is 1.46 bits per heavy atom. The molecule has 0 aliphatic heterocycles. The molecule has 72 valence electrons. The topological polar surface area (TPSA) is 72.2 Å². The maximum atomic E-state index is 10.7. The van der Waals surface area contributed by atoms with Gasteiger partial charge in [-0.05, 0) is 30.7 Å². The summed E-state index contributed by atoms with van der Waals surface area (Å²) in [6.07, 6.45) is 0. The van der Waals surface area contributed by atoms with Crippen LogP contribution < -0.4 is 9.86 Å². The number of nitrogens with two attached hydrogens (primary N) is 1. The molecule has 0 unspecified atom stereocenters. The van der Waals surface area contributed by atoms with Gasteiger partial charge in [-0.1, -0.05) is 15.9 Å². The van der Waals surface area contributed by atoms with Crippen molar-refractivity contribution in [1.29, 1.82) is 0 Å². The molecule has 0 bridgehead atoms. The van der Waals surface area contributed by atoms with Crippen LogP contribution in [-0.2, 0) is 10.2 Å². The van der Waals surface area contributed by atoms with Crippen LogP contribution in [0.3, 0.4) is 0 Å². The maximum Gasteiger partial charge on any atom is 0.296 e. The lowest BCUT2D eigenvalue weighted by atomic mass is 10.2. The maximum absolute atomic E-state index is 10.7. The molecule has 1 rings (SSSR count). The number of aryl methyl sites for hydroxylation is 1. The average Bonchev–Trinajstić information content (AvgIpc) is 1.94. The molecule has 13 heavy (non-hydrogen) atoms. The van der Waals surface area contributed by atoms with Gasteiger partial charge in [0.2, 0.25) is 0 Å². The van der Waals surface area contributed by atoms with Gasteiger partial charge in [-0.3, -0.25) is 4.72 Å². The van der Waals surface area contributed by atoms with Crippen LogP contribution in [0.15, 0.2) is 22.7 Å². The number of rotatable bonds is 2. The van der Waals surface area contributed by atoms with Gasteiger partial charge in [0.15, 0.2) is 0 Å². The van der Waals surface area contributed by atoms with E-state index in [-0.39, 0.29) is 0 Å². The van der Waals surface area contributed by atoms with Crippen molar-refractivity contribution in [3.63, 3.8) is 0 Å². The van der Waals surface area contributed by atoms with Crippen molar-refractivity contribution >= 4 is 31.8 Å². The molecule has 0 saturated carbocycles. The second-order valence-corrected chi connectivity index (χ2v) is 4.76. The van der Waals surface area contributed by atoms with Crippen molar-refractivity contribution in [1.82, 2.24) is 0 Å². The minimum absolute atomic E-state index is 0.461. The number of nitrogens with one attached hydrogen (secondary N) is 1. The summed E-state index contributed by atoms with van der Waals surface area (Å²) in [5.41, 5.74) is 1.40. The molecule has 0 fully saturated rings. The Hall–Kier alpha value is -0.590. The third-order valence-electron chi connectivity index (χ3n) is 1.42. The van der Waals surface area contributed by atoms with Gasteiger partial charge in [0.05, 0.1) is 5.69 Å². The lowest BCUT2D eigenvalue weighted by molar-refractivity contribution is 0.603. The van der Waals surface area contributed by atoms with E-state index >= 15 is 0 Å². The molecule has 0 aliphatic rings. The zero-order valence-electron chi connectivity index (χ0n) is 6.91. The second-order valence-electron chi connectivity index (χ2n) is 2.61. The molecule has 0 aliphatic carbocycles. The first kappa shape index (κ1) is 10.5. The highest BCUT2D eigenvalue weighted by atomic mass is 79.9. The third kappa shape index (κ3) is 3.33. The number of anilines is 1. The normalized spacial score (nSPS) is 11.3. The molecule has 4 nitrogen and oxygen atoms in total. The summed E-state index contributed by atoms with van der Waals surface area (Å²) < 4.78 is 24.4. The fourth-order valence-corrected chi connectivity index (χ4v) is 1.57. The SMILES string of the molecule is Cc1cc(NS(N)(=O)=O)ccc1Br. The molecular formula is C7H9BrN2O2S. The number of hydrogen-bond donors (Lipinski definition) is 2. The first-order valence-electron chi connectivity index (χ1n) is 3.45. The first-order chi connectivity index (χ1) is 5.88. The van der Waals surface area contributed by atoms with Crippen LogP contribution in [-0.4, -0.2) is 8.42 Å². The molecule has 0 saturated heterocycles. The van der Waals surface area contributed by atoms with Crippen molar-refractivity contribution < 1.29 is 8.42 Å². The smallest absolute Gasteiger partial charge is 0.271 e. The van der Waals surface area contributed by atoms with E-state index in [9.17, 15) is 8.42 Å². The van der Waals surface area contributed by atoms with E-state index < -0.39 is 10.2 Å². The standard InChI is InChI=1S/C7H9BrN2O2S/c1-5-4-6(2-3-7(5)8)10-13(9,11)12/h2-4,10H,1H3,(H2,9,11,12). The molecule has 1 aromatic rings. The van der Waals surface area contributed by atoms with Crippen LogP contribution in [0.1, 0.15) is 5.56 Å². The van der Waals surface area contributed by atoms with E-state index in [1.54, 1.807) is 18.2 Å². The van der Waals surface area contributed by atoms with Gasteiger partial charge < -0.3 is 0 Å². The van der Waals surface area contributed by atoms with E-state index in [1.807, 2.05) is 6.92 Å². The van der Waals surface area contributed by atoms with E-state index in [2.05, 4.69) is 20.7 Å². The molecule has 3 N–H and O–H groups in total. The Kier molecular flexibility index (Phi) is 2.94. The third-order valence-corrected chi connectivity index (χ3v) is 2.83. The van der Waals surface area contributed by atoms with Gasteiger partial charge in [0, 0.05) is 4.47 Å². The van der Waals surface area contributed by atoms with Crippen LogP contribution in [0, 0.1) is 6.92 Å². The van der Waals surface area contributed by atoms with Crippen LogP contribution >= 0.6 is 15.9 Å². The highest BCUT2D eigenvalue weighted by Gasteiger charge is 2.02. The van der Waals surface area contributed by atoms with Crippen LogP contribution in [0.25, 0.3) is 0 Å². The lowest BCUT2D eigenvalue weighted by Crippen LogP contribution is -2.21. The Bertz CT molecular complexity index is 417. The quantitative estimate of drug-likeness (QED) is 0.847. The van der Waals surface area contributed by atoms with Crippen molar-refractivity contribution in [2.24, 2.45) is 5.14 Å². The number of halogens is 1. The van der Waals surface area contributed by atoms with Gasteiger partial charge in [-0.2, -0.15) is 8.42 Å². The predicted octanol–water partition coefficient (Wildman–Crippen LogP) is 1.37. The van der Waals surface area contributed by atoms with Gasteiger partial charge in [-0.25, -0.2) is 5.14 Å². The molecule has 0 radical (unpaired) electrons. The fourth-order valence-electron chi connectivity index (χ4n) is 0.872. The molecule has 6 heteroatoms. The Morgan fingerprint density at radius 2 is 2.08 bits per heavy atom. The van der Waals surface area contributed by atoms with Crippen LogP contribution in [0.4, 0.5) is 5.69 Å². The van der Waals surface area contributed by atoms with E-state index in [0.29, 0.717) is 5.69 Å². The van der Waals surface area contributed by atoms with Gasteiger partial charge >= 0.3 is 0 Å². The van der Waals surface area contributed by atoms with Crippen LogP contribution in [0.5, 0.6) is 0 Å². The monoisotopic (exact) mass is 264 g/mol.